The van der Waals surface area contributed by atoms with Gasteiger partial charge in [0.05, 0.1) is 26.6 Å². The molecule has 0 radical (unpaired) electrons. The molecule has 114 valence electrons. The van der Waals surface area contributed by atoms with Crippen LogP contribution in [0.3, 0.4) is 0 Å². The Hall–Kier alpha value is -1.11. The number of hydrogen-bond donors (Lipinski definition) is 2. The van der Waals surface area contributed by atoms with Gasteiger partial charge in [-0.2, -0.15) is 0 Å². The average molecular weight is 329 g/mol. The standard InChI is InChI=1S/C12H15ClF2N2O2.ClH/c1-19-10-3-2-9(13)4-8(10)5-11(18)17-7-12(14,15)6-16;/h2-4H,5-7,16H2,1H3,(H,17,18);1H. The van der Waals surface area contributed by atoms with Crippen molar-refractivity contribution in [2.75, 3.05) is 20.2 Å². The largest absolute Gasteiger partial charge is 0.496 e. The number of nitrogens with one attached hydrogen (secondary N) is 1. The van der Waals surface area contributed by atoms with E-state index in [4.69, 9.17) is 22.1 Å². The molecule has 0 aliphatic heterocycles. The number of hydrogen-bond acceptors (Lipinski definition) is 3. The van der Waals surface area contributed by atoms with E-state index in [-0.39, 0.29) is 18.8 Å². The molecule has 0 saturated carbocycles. The number of ether oxygens (including phenoxy) is 1. The van der Waals surface area contributed by atoms with Crippen molar-refractivity contribution in [3.63, 3.8) is 0 Å². The molecule has 0 aromatic heterocycles. The van der Waals surface area contributed by atoms with E-state index in [1.54, 1.807) is 18.2 Å². The van der Waals surface area contributed by atoms with Crippen molar-refractivity contribution >= 4 is 29.9 Å². The number of carbonyl (C=O) groups is 1. The number of carbonyl (C=O) groups excluding carboxylic acids is 1. The Morgan fingerprint density at radius 2 is 2.15 bits per heavy atom. The highest BCUT2D eigenvalue weighted by Crippen LogP contribution is 2.23. The summed E-state index contributed by atoms with van der Waals surface area (Å²) in [5.74, 6) is -3.17. The Balaban J connectivity index is 0.00000361. The van der Waals surface area contributed by atoms with Crippen LogP contribution in [-0.2, 0) is 11.2 Å². The predicted molar refractivity (Wildman–Crippen MR) is 76.0 cm³/mol. The molecule has 0 unspecified atom stereocenters. The van der Waals surface area contributed by atoms with Crippen molar-refractivity contribution in [2.45, 2.75) is 12.3 Å². The molecular formula is C12H16Cl2F2N2O2. The first-order valence-electron chi connectivity index (χ1n) is 5.55. The van der Waals surface area contributed by atoms with Crippen LogP contribution in [0, 0.1) is 0 Å². The molecule has 8 heteroatoms. The Morgan fingerprint density at radius 3 is 2.70 bits per heavy atom. The molecule has 0 fully saturated rings. The van der Waals surface area contributed by atoms with Crippen molar-refractivity contribution in [1.29, 1.82) is 0 Å². The van der Waals surface area contributed by atoms with Crippen molar-refractivity contribution in [2.24, 2.45) is 5.73 Å². The molecule has 1 amide bonds. The van der Waals surface area contributed by atoms with Gasteiger partial charge in [-0.15, -0.1) is 12.4 Å². The molecule has 20 heavy (non-hydrogen) atoms. The second-order valence-electron chi connectivity index (χ2n) is 3.97. The van der Waals surface area contributed by atoms with E-state index in [2.05, 4.69) is 5.32 Å². The summed E-state index contributed by atoms with van der Waals surface area (Å²) in [6, 6.07) is 4.78. The quantitative estimate of drug-likeness (QED) is 0.839. The number of benzene rings is 1. The van der Waals surface area contributed by atoms with Gasteiger partial charge < -0.3 is 15.8 Å². The van der Waals surface area contributed by atoms with Crippen LogP contribution in [0.2, 0.25) is 5.02 Å². The lowest BCUT2D eigenvalue weighted by atomic mass is 10.1. The highest BCUT2D eigenvalue weighted by Gasteiger charge is 2.27. The molecule has 0 bridgehead atoms. The Labute approximate surface area is 127 Å². The number of halogens is 4. The van der Waals surface area contributed by atoms with Crippen LogP contribution in [0.15, 0.2) is 18.2 Å². The molecule has 0 aliphatic rings. The monoisotopic (exact) mass is 328 g/mol. The van der Waals surface area contributed by atoms with Crippen molar-refractivity contribution in [1.82, 2.24) is 5.32 Å². The average Bonchev–Trinajstić information content (AvgIpc) is 2.37. The second kappa shape index (κ2) is 8.24. The number of nitrogens with two attached hydrogens (primary N) is 1. The third kappa shape index (κ3) is 5.90. The predicted octanol–water partition coefficient (Wildman–Crippen LogP) is 2.02. The molecule has 1 aromatic carbocycles. The van der Waals surface area contributed by atoms with Crippen LogP contribution < -0.4 is 15.8 Å². The van der Waals surface area contributed by atoms with E-state index >= 15 is 0 Å². The van der Waals surface area contributed by atoms with Crippen LogP contribution in [0.4, 0.5) is 8.78 Å². The topological polar surface area (TPSA) is 64.3 Å². The van der Waals surface area contributed by atoms with Crippen LogP contribution in [0.1, 0.15) is 5.56 Å². The van der Waals surface area contributed by atoms with Gasteiger partial charge in [-0.3, -0.25) is 4.79 Å². The molecule has 0 spiro atoms. The molecule has 0 aliphatic carbocycles. The van der Waals surface area contributed by atoms with Crippen LogP contribution in [0.25, 0.3) is 0 Å². The minimum absolute atomic E-state index is 0. The first-order valence-corrected chi connectivity index (χ1v) is 5.93. The van der Waals surface area contributed by atoms with Gasteiger partial charge in [-0.05, 0) is 18.2 Å². The normalized spacial score (nSPS) is 10.7. The summed E-state index contributed by atoms with van der Waals surface area (Å²) in [6.07, 6.45) is -0.0929. The third-order valence-corrected chi connectivity index (χ3v) is 2.67. The fourth-order valence-electron chi connectivity index (χ4n) is 1.42. The van der Waals surface area contributed by atoms with Crippen molar-refractivity contribution in [3.05, 3.63) is 28.8 Å². The SMILES string of the molecule is COc1ccc(Cl)cc1CC(=O)NCC(F)(F)CN.Cl. The van der Waals surface area contributed by atoms with E-state index in [1.165, 1.54) is 7.11 Å². The Bertz CT molecular complexity index is 459. The van der Waals surface area contributed by atoms with Crippen LogP contribution >= 0.6 is 24.0 Å². The minimum atomic E-state index is -3.10. The van der Waals surface area contributed by atoms with E-state index in [0.717, 1.165) is 0 Å². The van der Waals surface area contributed by atoms with E-state index in [9.17, 15) is 13.6 Å². The maximum absolute atomic E-state index is 12.9. The summed E-state index contributed by atoms with van der Waals surface area (Å²) < 4.78 is 30.8. The molecule has 0 atom stereocenters. The zero-order valence-corrected chi connectivity index (χ0v) is 12.4. The number of amides is 1. The maximum Gasteiger partial charge on any atom is 0.277 e. The van der Waals surface area contributed by atoms with Gasteiger partial charge in [0.25, 0.3) is 5.92 Å². The van der Waals surface area contributed by atoms with Gasteiger partial charge >= 0.3 is 0 Å². The van der Waals surface area contributed by atoms with Crippen molar-refractivity contribution < 1.29 is 18.3 Å². The molecular weight excluding hydrogens is 313 g/mol. The molecule has 0 saturated heterocycles. The smallest absolute Gasteiger partial charge is 0.277 e. The van der Waals surface area contributed by atoms with Crippen molar-refractivity contribution in [3.8, 4) is 5.75 Å². The molecule has 1 aromatic rings. The fraction of sp³-hybridized carbons (Fsp3) is 0.417. The summed E-state index contributed by atoms with van der Waals surface area (Å²) in [5, 5.41) is 2.57. The summed E-state index contributed by atoms with van der Waals surface area (Å²) in [6.45, 7) is -1.60. The Kier molecular flexibility index (Phi) is 7.78. The van der Waals surface area contributed by atoms with Gasteiger partial charge in [0.1, 0.15) is 5.75 Å². The summed E-state index contributed by atoms with van der Waals surface area (Å²) in [5.41, 5.74) is 5.40. The summed E-state index contributed by atoms with van der Waals surface area (Å²) in [7, 11) is 1.45. The number of alkyl halides is 2. The lowest BCUT2D eigenvalue weighted by Gasteiger charge is -2.15. The van der Waals surface area contributed by atoms with Crippen LogP contribution in [-0.4, -0.2) is 32.0 Å². The summed E-state index contributed by atoms with van der Waals surface area (Å²) >= 11 is 5.81. The lowest BCUT2D eigenvalue weighted by molar-refractivity contribution is -0.122. The van der Waals surface area contributed by atoms with Gasteiger partial charge in [-0.1, -0.05) is 11.6 Å². The lowest BCUT2D eigenvalue weighted by Crippen LogP contribution is -2.42. The second-order valence-corrected chi connectivity index (χ2v) is 4.41. The minimum Gasteiger partial charge on any atom is -0.496 e. The first-order chi connectivity index (χ1) is 8.88. The van der Waals surface area contributed by atoms with Crippen LogP contribution in [0.5, 0.6) is 5.75 Å². The fourth-order valence-corrected chi connectivity index (χ4v) is 1.62. The number of methoxy groups -OCH3 is 1. The summed E-state index contributed by atoms with van der Waals surface area (Å²) in [4.78, 5) is 11.6. The maximum atomic E-state index is 12.9. The number of rotatable bonds is 6. The van der Waals surface area contributed by atoms with Gasteiger partial charge in [-0.25, -0.2) is 8.78 Å². The highest BCUT2D eigenvalue weighted by molar-refractivity contribution is 6.30. The molecule has 3 N–H and O–H groups in total. The molecule has 4 nitrogen and oxygen atoms in total. The molecule has 0 heterocycles. The van der Waals surface area contributed by atoms with E-state index < -0.39 is 24.9 Å². The zero-order chi connectivity index (χ0) is 14.5. The van der Waals surface area contributed by atoms with E-state index in [1.807, 2.05) is 0 Å². The first kappa shape index (κ1) is 18.9. The van der Waals surface area contributed by atoms with E-state index in [0.29, 0.717) is 16.3 Å². The Morgan fingerprint density at radius 1 is 1.50 bits per heavy atom. The third-order valence-electron chi connectivity index (χ3n) is 2.44. The highest BCUT2D eigenvalue weighted by atomic mass is 35.5. The van der Waals surface area contributed by atoms with Gasteiger partial charge in [0.15, 0.2) is 0 Å². The van der Waals surface area contributed by atoms with Gasteiger partial charge in [0.2, 0.25) is 5.91 Å². The zero-order valence-electron chi connectivity index (χ0n) is 10.8. The molecule has 1 rings (SSSR count). The van der Waals surface area contributed by atoms with Gasteiger partial charge in [0, 0.05) is 10.6 Å².